The first-order valence-corrected chi connectivity index (χ1v) is 9.28. The number of nitrogens with one attached hydrogen (secondary N) is 1. The number of unbranched alkanes of at least 4 members (excludes halogenated alkanes) is 1. The smallest absolute Gasteiger partial charge is 0.340 e. The van der Waals surface area contributed by atoms with Gasteiger partial charge in [-0.1, -0.05) is 49.2 Å². The van der Waals surface area contributed by atoms with Crippen molar-refractivity contribution in [2.45, 2.75) is 19.8 Å². The number of fused-ring (bicyclic) bond motifs is 2. The number of halogens is 1. The first-order chi connectivity index (χ1) is 13.5. The Morgan fingerprint density at radius 1 is 1.00 bits per heavy atom. The summed E-state index contributed by atoms with van der Waals surface area (Å²) < 4.78 is 4.99. The van der Waals surface area contributed by atoms with E-state index in [1.165, 1.54) is 12.1 Å². The number of benzene rings is 2. The van der Waals surface area contributed by atoms with Gasteiger partial charge >= 0.3 is 5.97 Å². The molecule has 144 valence electrons. The Balaban J connectivity index is 1.82. The van der Waals surface area contributed by atoms with E-state index in [4.69, 9.17) is 16.3 Å². The first-order valence-electron chi connectivity index (χ1n) is 8.90. The van der Waals surface area contributed by atoms with Crippen LogP contribution in [0.1, 0.15) is 62.0 Å². The molecule has 0 aromatic heterocycles. The summed E-state index contributed by atoms with van der Waals surface area (Å²) in [4.78, 5) is 49.5. The molecule has 6 nitrogen and oxygen atoms in total. The molecular weight excluding hydrogens is 382 g/mol. The Bertz CT molecular complexity index is 983. The second-order valence-corrected chi connectivity index (χ2v) is 6.71. The molecule has 0 aliphatic heterocycles. The van der Waals surface area contributed by atoms with Gasteiger partial charge in [-0.3, -0.25) is 14.4 Å². The lowest BCUT2D eigenvalue weighted by molar-refractivity contribution is -0.124. The highest BCUT2D eigenvalue weighted by Crippen LogP contribution is 2.34. The zero-order valence-electron chi connectivity index (χ0n) is 15.2. The Labute approximate surface area is 166 Å². The lowest BCUT2D eigenvalue weighted by Crippen LogP contribution is -2.29. The van der Waals surface area contributed by atoms with Crippen LogP contribution in [0.4, 0.5) is 0 Å². The van der Waals surface area contributed by atoms with E-state index in [-0.39, 0.29) is 33.1 Å². The van der Waals surface area contributed by atoms with Crippen LogP contribution in [0.2, 0.25) is 5.02 Å². The third kappa shape index (κ3) is 3.68. The predicted molar refractivity (Wildman–Crippen MR) is 103 cm³/mol. The Morgan fingerprint density at radius 3 is 2.36 bits per heavy atom. The van der Waals surface area contributed by atoms with Crippen molar-refractivity contribution < 1.29 is 23.9 Å². The van der Waals surface area contributed by atoms with Crippen LogP contribution in [0.15, 0.2) is 36.4 Å². The fraction of sp³-hybridized carbons (Fsp3) is 0.238. The SMILES string of the molecule is CCCCNC(=O)COC(=O)c1ccc2c(c1Cl)C(=O)c1ccccc1C2=O. The second kappa shape index (κ2) is 8.35. The van der Waals surface area contributed by atoms with Gasteiger partial charge in [-0.2, -0.15) is 0 Å². The summed E-state index contributed by atoms with van der Waals surface area (Å²) in [7, 11) is 0. The summed E-state index contributed by atoms with van der Waals surface area (Å²) >= 11 is 6.29. The number of hydrogen-bond donors (Lipinski definition) is 1. The maximum Gasteiger partial charge on any atom is 0.340 e. The van der Waals surface area contributed by atoms with E-state index in [0.717, 1.165) is 12.8 Å². The molecule has 0 bridgehead atoms. The van der Waals surface area contributed by atoms with Crippen molar-refractivity contribution in [3.63, 3.8) is 0 Å². The zero-order valence-corrected chi connectivity index (χ0v) is 16.0. The van der Waals surface area contributed by atoms with Gasteiger partial charge in [-0.15, -0.1) is 0 Å². The zero-order chi connectivity index (χ0) is 20.3. The van der Waals surface area contributed by atoms with Crippen molar-refractivity contribution >= 4 is 35.0 Å². The van der Waals surface area contributed by atoms with Crippen LogP contribution >= 0.6 is 11.6 Å². The van der Waals surface area contributed by atoms with E-state index in [1.807, 2.05) is 6.92 Å². The molecular formula is C21H18ClNO5. The molecule has 2 aromatic carbocycles. The summed E-state index contributed by atoms with van der Waals surface area (Å²) in [6.45, 7) is 2.04. The van der Waals surface area contributed by atoms with Crippen LogP contribution in [-0.2, 0) is 9.53 Å². The van der Waals surface area contributed by atoms with Gasteiger partial charge in [0.05, 0.1) is 16.1 Å². The van der Waals surface area contributed by atoms with Gasteiger partial charge in [-0.25, -0.2) is 4.79 Å². The third-order valence-corrected chi connectivity index (χ3v) is 4.83. The van der Waals surface area contributed by atoms with E-state index in [0.29, 0.717) is 12.1 Å². The molecule has 28 heavy (non-hydrogen) atoms. The maximum atomic E-state index is 12.8. The topological polar surface area (TPSA) is 89.5 Å². The average molecular weight is 400 g/mol. The van der Waals surface area contributed by atoms with Crippen molar-refractivity contribution in [2.75, 3.05) is 13.2 Å². The Kier molecular flexibility index (Phi) is 5.90. The fourth-order valence-corrected chi connectivity index (χ4v) is 3.30. The highest BCUT2D eigenvalue weighted by Gasteiger charge is 2.33. The van der Waals surface area contributed by atoms with Crippen LogP contribution in [0, 0.1) is 0 Å². The van der Waals surface area contributed by atoms with Gasteiger partial charge in [0.1, 0.15) is 0 Å². The van der Waals surface area contributed by atoms with E-state index < -0.39 is 24.3 Å². The molecule has 0 spiro atoms. The van der Waals surface area contributed by atoms with Crippen LogP contribution in [0.25, 0.3) is 0 Å². The van der Waals surface area contributed by atoms with Crippen LogP contribution in [0.5, 0.6) is 0 Å². The Morgan fingerprint density at radius 2 is 1.68 bits per heavy atom. The molecule has 0 radical (unpaired) electrons. The quantitative estimate of drug-likeness (QED) is 0.508. The van der Waals surface area contributed by atoms with Gasteiger partial charge in [-0.05, 0) is 18.6 Å². The Hall–Kier alpha value is -2.99. The second-order valence-electron chi connectivity index (χ2n) is 6.33. The lowest BCUT2D eigenvalue weighted by Gasteiger charge is -2.19. The van der Waals surface area contributed by atoms with Crippen LogP contribution < -0.4 is 5.32 Å². The number of ether oxygens (including phenoxy) is 1. The lowest BCUT2D eigenvalue weighted by atomic mass is 9.83. The number of hydrogen-bond acceptors (Lipinski definition) is 5. The molecule has 0 heterocycles. The molecule has 1 N–H and O–H groups in total. The highest BCUT2D eigenvalue weighted by molar-refractivity contribution is 6.41. The molecule has 3 rings (SSSR count). The van der Waals surface area contributed by atoms with Gasteiger partial charge in [0.25, 0.3) is 5.91 Å². The molecule has 0 saturated heterocycles. The number of carbonyl (C=O) groups excluding carboxylic acids is 4. The number of rotatable bonds is 6. The van der Waals surface area contributed by atoms with E-state index >= 15 is 0 Å². The molecule has 1 amide bonds. The summed E-state index contributed by atoms with van der Waals surface area (Å²) in [6.07, 6.45) is 1.76. The molecule has 0 saturated carbocycles. The molecule has 2 aromatic rings. The molecule has 0 fully saturated rings. The maximum absolute atomic E-state index is 12.8. The van der Waals surface area contributed by atoms with Crippen molar-refractivity contribution in [3.8, 4) is 0 Å². The van der Waals surface area contributed by atoms with Gasteiger partial charge in [0.15, 0.2) is 18.2 Å². The first kappa shape index (κ1) is 19.8. The summed E-state index contributed by atoms with van der Waals surface area (Å²) in [6, 6.07) is 9.16. The van der Waals surface area contributed by atoms with Crippen molar-refractivity contribution in [2.24, 2.45) is 0 Å². The van der Waals surface area contributed by atoms with Crippen LogP contribution in [0.3, 0.4) is 0 Å². The van der Waals surface area contributed by atoms with Gasteiger partial charge < -0.3 is 10.1 Å². The van der Waals surface area contributed by atoms with Gasteiger partial charge in [0, 0.05) is 23.2 Å². The van der Waals surface area contributed by atoms with Gasteiger partial charge in [0.2, 0.25) is 0 Å². The monoisotopic (exact) mass is 399 g/mol. The molecule has 7 heteroatoms. The number of amides is 1. The summed E-state index contributed by atoms with van der Waals surface area (Å²) in [5.74, 6) is -2.02. The third-order valence-electron chi connectivity index (χ3n) is 4.44. The average Bonchev–Trinajstić information content (AvgIpc) is 2.70. The standard InChI is InChI=1S/C21H18ClNO5/c1-2-3-10-23-16(24)11-28-21(27)15-9-8-14-17(18(15)22)20(26)13-7-5-4-6-12(13)19(14)25/h4-9H,2-3,10-11H2,1H3,(H,23,24). The molecule has 0 unspecified atom stereocenters. The minimum atomic E-state index is -0.836. The van der Waals surface area contributed by atoms with E-state index in [2.05, 4.69) is 5.32 Å². The van der Waals surface area contributed by atoms with Crippen molar-refractivity contribution in [1.82, 2.24) is 5.32 Å². The largest absolute Gasteiger partial charge is 0.452 e. The number of ketones is 2. The fourth-order valence-electron chi connectivity index (χ4n) is 2.97. The van der Waals surface area contributed by atoms with Crippen molar-refractivity contribution in [1.29, 1.82) is 0 Å². The summed E-state index contributed by atoms with van der Waals surface area (Å²) in [5, 5.41) is 2.48. The van der Waals surface area contributed by atoms with Crippen LogP contribution in [-0.4, -0.2) is 36.6 Å². The molecule has 0 atom stereocenters. The van der Waals surface area contributed by atoms with E-state index in [1.54, 1.807) is 24.3 Å². The minimum absolute atomic E-state index is 0.0211. The predicted octanol–water partition coefficient (Wildman–Crippen LogP) is 3.19. The minimum Gasteiger partial charge on any atom is -0.452 e. The normalized spacial score (nSPS) is 12.2. The summed E-state index contributed by atoms with van der Waals surface area (Å²) in [5.41, 5.74) is 0.593. The number of esters is 1. The molecule has 1 aliphatic rings. The molecule has 1 aliphatic carbocycles. The number of carbonyl (C=O) groups is 4. The van der Waals surface area contributed by atoms with E-state index in [9.17, 15) is 19.2 Å². The highest BCUT2D eigenvalue weighted by atomic mass is 35.5. The van der Waals surface area contributed by atoms with Crippen molar-refractivity contribution in [3.05, 3.63) is 69.2 Å².